The maximum Gasteiger partial charge on any atom is 0.125 e. The molecule has 1 aromatic carbocycles. The Kier molecular flexibility index (Phi) is 3.27. The Hall–Kier alpha value is -1.02. The second-order valence-corrected chi connectivity index (χ2v) is 4.15. The van der Waals surface area contributed by atoms with E-state index in [1.54, 1.807) is 0 Å². The van der Waals surface area contributed by atoms with Gasteiger partial charge in [-0.2, -0.15) is 0 Å². The Morgan fingerprint density at radius 1 is 1.13 bits per heavy atom. The second kappa shape index (κ2) is 4.67. The minimum absolute atomic E-state index is 0.332. The summed E-state index contributed by atoms with van der Waals surface area (Å²) in [5, 5.41) is 0. The third kappa shape index (κ3) is 2.51. The molecule has 0 aliphatic carbocycles. The van der Waals surface area contributed by atoms with Crippen LogP contribution in [0, 0.1) is 13.8 Å². The lowest BCUT2D eigenvalue weighted by molar-refractivity contribution is 0.0250. The number of ether oxygens (including phenoxy) is 2. The van der Waals surface area contributed by atoms with E-state index in [4.69, 9.17) is 9.47 Å². The van der Waals surface area contributed by atoms with E-state index in [1.165, 1.54) is 11.1 Å². The molecule has 1 fully saturated rings. The standard InChI is InChI=1S/C13H18O2/c1-10-4-3-5-11(2)13(10)15-12-6-8-14-9-7-12/h3-5,12H,6-9H2,1-2H3. The number of para-hydroxylation sites is 1. The predicted octanol–water partition coefficient (Wildman–Crippen LogP) is 2.86. The van der Waals surface area contributed by atoms with Gasteiger partial charge in [-0.15, -0.1) is 0 Å². The smallest absolute Gasteiger partial charge is 0.125 e. The minimum Gasteiger partial charge on any atom is -0.490 e. The molecule has 1 aromatic rings. The van der Waals surface area contributed by atoms with E-state index < -0.39 is 0 Å². The van der Waals surface area contributed by atoms with Crippen molar-refractivity contribution in [3.05, 3.63) is 29.3 Å². The summed E-state index contributed by atoms with van der Waals surface area (Å²) in [5.74, 6) is 1.06. The normalized spacial score (nSPS) is 17.7. The third-order valence-electron chi connectivity index (χ3n) is 2.86. The minimum atomic E-state index is 0.332. The molecule has 0 saturated carbocycles. The second-order valence-electron chi connectivity index (χ2n) is 4.15. The monoisotopic (exact) mass is 206 g/mol. The molecule has 0 bridgehead atoms. The Bertz CT molecular complexity index is 307. The van der Waals surface area contributed by atoms with Crippen LogP contribution >= 0.6 is 0 Å². The van der Waals surface area contributed by atoms with E-state index in [9.17, 15) is 0 Å². The molecule has 1 saturated heterocycles. The highest BCUT2D eigenvalue weighted by molar-refractivity contribution is 5.39. The van der Waals surface area contributed by atoms with Gasteiger partial charge in [0.15, 0.2) is 0 Å². The first-order valence-electron chi connectivity index (χ1n) is 5.58. The van der Waals surface area contributed by atoms with Crippen LogP contribution in [-0.4, -0.2) is 19.3 Å². The van der Waals surface area contributed by atoms with Gasteiger partial charge in [0, 0.05) is 12.8 Å². The molecular formula is C13H18O2. The summed E-state index contributed by atoms with van der Waals surface area (Å²) in [6, 6.07) is 6.27. The van der Waals surface area contributed by atoms with Crippen LogP contribution in [0.25, 0.3) is 0 Å². The Balaban J connectivity index is 2.09. The van der Waals surface area contributed by atoms with Crippen molar-refractivity contribution in [1.29, 1.82) is 0 Å². The van der Waals surface area contributed by atoms with Crippen LogP contribution in [0.5, 0.6) is 5.75 Å². The Morgan fingerprint density at radius 3 is 2.33 bits per heavy atom. The molecule has 0 aromatic heterocycles. The predicted molar refractivity (Wildman–Crippen MR) is 60.4 cm³/mol. The van der Waals surface area contributed by atoms with Crippen molar-refractivity contribution < 1.29 is 9.47 Å². The van der Waals surface area contributed by atoms with Gasteiger partial charge < -0.3 is 9.47 Å². The summed E-state index contributed by atoms with van der Waals surface area (Å²) >= 11 is 0. The topological polar surface area (TPSA) is 18.5 Å². The SMILES string of the molecule is Cc1cccc(C)c1OC1CCOCC1. The van der Waals surface area contributed by atoms with Gasteiger partial charge in [0.25, 0.3) is 0 Å². The number of aryl methyl sites for hydroxylation is 2. The van der Waals surface area contributed by atoms with Crippen molar-refractivity contribution in [1.82, 2.24) is 0 Å². The third-order valence-corrected chi connectivity index (χ3v) is 2.86. The maximum atomic E-state index is 6.04. The van der Waals surface area contributed by atoms with Gasteiger partial charge in [0.05, 0.1) is 13.2 Å². The number of hydrogen-bond donors (Lipinski definition) is 0. The van der Waals surface area contributed by atoms with Gasteiger partial charge in [-0.1, -0.05) is 18.2 Å². The molecule has 0 unspecified atom stereocenters. The van der Waals surface area contributed by atoms with Gasteiger partial charge in [0.2, 0.25) is 0 Å². The maximum absolute atomic E-state index is 6.04. The average Bonchev–Trinajstić information content (AvgIpc) is 2.25. The summed E-state index contributed by atoms with van der Waals surface area (Å²) in [6.45, 7) is 5.86. The van der Waals surface area contributed by atoms with E-state index in [0.29, 0.717) is 6.10 Å². The average molecular weight is 206 g/mol. The van der Waals surface area contributed by atoms with E-state index in [-0.39, 0.29) is 0 Å². The molecule has 15 heavy (non-hydrogen) atoms. The van der Waals surface area contributed by atoms with Gasteiger partial charge in [-0.3, -0.25) is 0 Å². The van der Waals surface area contributed by atoms with Crippen LogP contribution < -0.4 is 4.74 Å². The number of benzene rings is 1. The molecule has 0 amide bonds. The quantitative estimate of drug-likeness (QED) is 0.740. The van der Waals surface area contributed by atoms with Crippen LogP contribution in [0.4, 0.5) is 0 Å². The Labute approximate surface area is 91.2 Å². The van der Waals surface area contributed by atoms with E-state index in [0.717, 1.165) is 31.8 Å². The summed E-state index contributed by atoms with van der Waals surface area (Å²) in [6.07, 6.45) is 2.35. The molecule has 0 N–H and O–H groups in total. The van der Waals surface area contributed by atoms with Crippen molar-refractivity contribution >= 4 is 0 Å². The lowest BCUT2D eigenvalue weighted by atomic mass is 10.1. The zero-order chi connectivity index (χ0) is 10.7. The van der Waals surface area contributed by atoms with Gasteiger partial charge in [-0.25, -0.2) is 0 Å². The highest BCUT2D eigenvalue weighted by Crippen LogP contribution is 2.25. The summed E-state index contributed by atoms with van der Waals surface area (Å²) in [4.78, 5) is 0. The zero-order valence-electron chi connectivity index (χ0n) is 9.45. The highest BCUT2D eigenvalue weighted by Gasteiger charge is 2.16. The molecule has 0 spiro atoms. The van der Waals surface area contributed by atoms with Crippen molar-refractivity contribution in [2.75, 3.05) is 13.2 Å². The van der Waals surface area contributed by atoms with Crippen molar-refractivity contribution in [2.24, 2.45) is 0 Å². The fourth-order valence-electron chi connectivity index (χ4n) is 1.95. The fraction of sp³-hybridized carbons (Fsp3) is 0.538. The molecule has 1 heterocycles. The van der Waals surface area contributed by atoms with Crippen molar-refractivity contribution in [3.8, 4) is 5.75 Å². The molecular weight excluding hydrogens is 188 g/mol. The van der Waals surface area contributed by atoms with Crippen LogP contribution in [-0.2, 0) is 4.74 Å². The molecule has 2 heteroatoms. The van der Waals surface area contributed by atoms with Crippen molar-refractivity contribution in [2.45, 2.75) is 32.8 Å². The van der Waals surface area contributed by atoms with Gasteiger partial charge in [0.1, 0.15) is 11.9 Å². The summed E-state index contributed by atoms with van der Waals surface area (Å²) in [5.41, 5.74) is 2.45. The first-order chi connectivity index (χ1) is 7.27. The molecule has 1 aliphatic rings. The first-order valence-corrected chi connectivity index (χ1v) is 5.58. The van der Waals surface area contributed by atoms with Crippen LogP contribution in [0.3, 0.4) is 0 Å². The lowest BCUT2D eigenvalue weighted by Crippen LogP contribution is -2.26. The molecule has 82 valence electrons. The molecule has 0 atom stereocenters. The zero-order valence-corrected chi connectivity index (χ0v) is 9.45. The van der Waals surface area contributed by atoms with E-state index in [1.807, 2.05) is 0 Å². The summed E-state index contributed by atoms with van der Waals surface area (Å²) in [7, 11) is 0. The van der Waals surface area contributed by atoms with Gasteiger partial charge >= 0.3 is 0 Å². The molecule has 0 radical (unpaired) electrons. The summed E-state index contributed by atoms with van der Waals surface area (Å²) < 4.78 is 11.4. The largest absolute Gasteiger partial charge is 0.490 e. The van der Waals surface area contributed by atoms with Crippen LogP contribution in [0.15, 0.2) is 18.2 Å². The first kappa shape index (κ1) is 10.5. The van der Waals surface area contributed by atoms with Crippen LogP contribution in [0.1, 0.15) is 24.0 Å². The van der Waals surface area contributed by atoms with Crippen LogP contribution in [0.2, 0.25) is 0 Å². The number of hydrogen-bond acceptors (Lipinski definition) is 2. The van der Waals surface area contributed by atoms with Crippen molar-refractivity contribution in [3.63, 3.8) is 0 Å². The molecule has 1 aliphatic heterocycles. The van der Waals surface area contributed by atoms with E-state index >= 15 is 0 Å². The Morgan fingerprint density at radius 2 is 1.73 bits per heavy atom. The molecule has 2 rings (SSSR count). The van der Waals surface area contributed by atoms with E-state index in [2.05, 4.69) is 32.0 Å². The number of rotatable bonds is 2. The van der Waals surface area contributed by atoms with Gasteiger partial charge in [-0.05, 0) is 25.0 Å². The molecule has 2 nitrogen and oxygen atoms in total. The fourth-order valence-corrected chi connectivity index (χ4v) is 1.95. The lowest BCUT2D eigenvalue weighted by Gasteiger charge is -2.25. The highest BCUT2D eigenvalue weighted by atomic mass is 16.5.